The molecule has 2 aliphatic rings. The van der Waals surface area contributed by atoms with Crippen molar-refractivity contribution >= 4 is 0 Å². The summed E-state index contributed by atoms with van der Waals surface area (Å²) < 4.78 is 1.82. The van der Waals surface area contributed by atoms with Crippen LogP contribution in [-0.2, 0) is 13.0 Å². The lowest BCUT2D eigenvalue weighted by molar-refractivity contribution is 0.284. The zero-order valence-electron chi connectivity index (χ0n) is 13.3. The van der Waals surface area contributed by atoms with Crippen molar-refractivity contribution in [3.8, 4) is 11.8 Å². The molecule has 0 amide bonds. The van der Waals surface area contributed by atoms with E-state index in [-0.39, 0.29) is 0 Å². The number of hydrogen-bond donors (Lipinski definition) is 2. The molecular formula is C17H17N7. The summed E-state index contributed by atoms with van der Waals surface area (Å²) in [5, 5.41) is 13.3. The van der Waals surface area contributed by atoms with Crippen LogP contribution < -0.4 is 10.9 Å². The quantitative estimate of drug-likeness (QED) is 0.870. The van der Waals surface area contributed by atoms with Crippen LogP contribution in [0.1, 0.15) is 18.2 Å². The molecule has 0 aliphatic carbocycles. The van der Waals surface area contributed by atoms with Gasteiger partial charge in [-0.15, -0.1) is 0 Å². The normalized spacial score (nSPS) is 16.7. The maximum atomic E-state index is 8.98. The Labute approximate surface area is 139 Å². The van der Waals surface area contributed by atoms with Crippen LogP contribution in [0.4, 0.5) is 0 Å². The van der Waals surface area contributed by atoms with Crippen LogP contribution in [0.5, 0.6) is 0 Å². The predicted octanol–water partition coefficient (Wildman–Crippen LogP) is 1.37. The van der Waals surface area contributed by atoms with Gasteiger partial charge in [-0.25, -0.2) is 4.68 Å². The first kappa shape index (κ1) is 14.3. The second-order valence-electron chi connectivity index (χ2n) is 5.87. The number of nitriles is 1. The van der Waals surface area contributed by atoms with Crippen LogP contribution in [0.2, 0.25) is 0 Å². The fourth-order valence-corrected chi connectivity index (χ4v) is 3.09. The van der Waals surface area contributed by atoms with Gasteiger partial charge in [-0.1, -0.05) is 0 Å². The number of hydrogen-bond acceptors (Lipinski definition) is 6. The van der Waals surface area contributed by atoms with E-state index in [0.29, 0.717) is 5.70 Å². The molecule has 2 aromatic heterocycles. The lowest BCUT2D eigenvalue weighted by Gasteiger charge is -2.35. The second kappa shape index (κ2) is 5.74. The van der Waals surface area contributed by atoms with E-state index >= 15 is 0 Å². The van der Waals surface area contributed by atoms with Gasteiger partial charge in [0.2, 0.25) is 0 Å². The third-order valence-corrected chi connectivity index (χ3v) is 4.28. The highest BCUT2D eigenvalue weighted by atomic mass is 15.4. The highest BCUT2D eigenvalue weighted by Gasteiger charge is 2.22. The van der Waals surface area contributed by atoms with Gasteiger partial charge in [0, 0.05) is 37.6 Å². The molecule has 0 atom stereocenters. The van der Waals surface area contributed by atoms with Gasteiger partial charge in [-0.2, -0.15) is 10.4 Å². The number of allylic oxidation sites excluding steroid dienone is 3. The van der Waals surface area contributed by atoms with Crippen LogP contribution in [-0.4, -0.2) is 26.2 Å². The van der Waals surface area contributed by atoms with Gasteiger partial charge in [0.25, 0.3) is 0 Å². The molecule has 4 rings (SSSR count). The molecule has 2 aromatic rings. The average molecular weight is 319 g/mol. The van der Waals surface area contributed by atoms with Crippen molar-refractivity contribution in [1.29, 1.82) is 5.26 Å². The second-order valence-corrected chi connectivity index (χ2v) is 5.87. The van der Waals surface area contributed by atoms with Gasteiger partial charge in [0.15, 0.2) is 0 Å². The van der Waals surface area contributed by atoms with Crippen LogP contribution in [0, 0.1) is 11.3 Å². The SMILES string of the molecule is CC1=C(N2CCc3ncc(-n4cccn4)cc3C2)NNC(C#N)=C1. The monoisotopic (exact) mass is 319 g/mol. The first-order valence-electron chi connectivity index (χ1n) is 7.82. The van der Waals surface area contributed by atoms with Gasteiger partial charge in [0.05, 0.1) is 11.9 Å². The largest absolute Gasteiger partial charge is 0.352 e. The summed E-state index contributed by atoms with van der Waals surface area (Å²) in [4.78, 5) is 6.87. The van der Waals surface area contributed by atoms with E-state index in [0.717, 1.165) is 42.3 Å². The zero-order chi connectivity index (χ0) is 16.5. The minimum Gasteiger partial charge on any atom is -0.352 e. The first-order valence-corrected chi connectivity index (χ1v) is 7.82. The van der Waals surface area contributed by atoms with E-state index in [2.05, 4.69) is 38.0 Å². The van der Waals surface area contributed by atoms with Crippen LogP contribution in [0.25, 0.3) is 5.69 Å². The Morgan fingerprint density at radius 3 is 3.00 bits per heavy atom. The molecule has 0 radical (unpaired) electrons. The standard InChI is InChI=1S/C17H17N7/c1-12-7-14(9-18)21-22-17(12)23-6-3-16-13(11-23)8-15(10-19-16)24-5-2-4-20-24/h2,4-5,7-8,10,21-22H,3,6,11H2,1H3. The number of rotatable bonds is 2. The Morgan fingerprint density at radius 2 is 2.25 bits per heavy atom. The van der Waals surface area contributed by atoms with Gasteiger partial charge in [-0.05, 0) is 36.3 Å². The van der Waals surface area contributed by atoms with Crippen molar-refractivity contribution in [1.82, 2.24) is 30.5 Å². The fourth-order valence-electron chi connectivity index (χ4n) is 3.09. The van der Waals surface area contributed by atoms with E-state index in [1.807, 2.05) is 36.1 Å². The minimum absolute atomic E-state index is 0.524. The summed E-state index contributed by atoms with van der Waals surface area (Å²) in [6, 6.07) is 6.15. The molecule has 2 aliphatic heterocycles. The molecule has 7 nitrogen and oxygen atoms in total. The number of aromatic nitrogens is 3. The summed E-state index contributed by atoms with van der Waals surface area (Å²) >= 11 is 0. The van der Waals surface area contributed by atoms with Crippen LogP contribution in [0.15, 0.2) is 53.9 Å². The van der Waals surface area contributed by atoms with E-state index in [1.165, 1.54) is 5.56 Å². The van der Waals surface area contributed by atoms with Gasteiger partial charge in [0.1, 0.15) is 17.6 Å². The molecule has 7 heteroatoms. The fraction of sp³-hybridized carbons (Fsp3) is 0.235. The zero-order valence-corrected chi connectivity index (χ0v) is 13.3. The lowest BCUT2D eigenvalue weighted by atomic mass is 10.0. The molecule has 0 spiro atoms. The van der Waals surface area contributed by atoms with Crippen molar-refractivity contribution in [2.75, 3.05) is 6.54 Å². The molecule has 0 fully saturated rings. The number of nitrogens with zero attached hydrogens (tertiary/aromatic N) is 5. The van der Waals surface area contributed by atoms with E-state index < -0.39 is 0 Å². The number of nitrogens with one attached hydrogen (secondary N) is 2. The molecular weight excluding hydrogens is 302 g/mol. The Kier molecular flexibility index (Phi) is 3.43. The van der Waals surface area contributed by atoms with Crippen molar-refractivity contribution in [2.24, 2.45) is 0 Å². The minimum atomic E-state index is 0.524. The first-order chi connectivity index (χ1) is 11.7. The molecule has 120 valence electrons. The smallest absolute Gasteiger partial charge is 0.132 e. The Morgan fingerprint density at radius 1 is 1.33 bits per heavy atom. The van der Waals surface area contributed by atoms with Gasteiger partial charge in [-0.3, -0.25) is 15.8 Å². The molecule has 0 aromatic carbocycles. The number of fused-ring (bicyclic) bond motifs is 1. The van der Waals surface area contributed by atoms with E-state index in [9.17, 15) is 0 Å². The summed E-state index contributed by atoms with van der Waals surface area (Å²) in [7, 11) is 0. The van der Waals surface area contributed by atoms with Crippen LogP contribution in [0.3, 0.4) is 0 Å². The third-order valence-electron chi connectivity index (χ3n) is 4.28. The highest BCUT2D eigenvalue weighted by Crippen LogP contribution is 2.24. The molecule has 0 saturated heterocycles. The van der Waals surface area contributed by atoms with Crippen molar-refractivity contribution in [2.45, 2.75) is 19.9 Å². The Balaban J connectivity index is 1.63. The van der Waals surface area contributed by atoms with Crippen molar-refractivity contribution in [3.63, 3.8) is 0 Å². The van der Waals surface area contributed by atoms with E-state index in [1.54, 1.807) is 6.20 Å². The third kappa shape index (κ3) is 2.48. The summed E-state index contributed by atoms with van der Waals surface area (Å²) in [6.07, 6.45) is 8.30. The van der Waals surface area contributed by atoms with Crippen molar-refractivity contribution < 1.29 is 0 Å². The Hall–Kier alpha value is -3.27. The number of pyridine rings is 1. The maximum absolute atomic E-state index is 8.98. The number of hydrazine groups is 1. The molecule has 4 heterocycles. The molecule has 2 N–H and O–H groups in total. The Bertz CT molecular complexity index is 871. The molecule has 0 bridgehead atoms. The molecule has 0 saturated carbocycles. The summed E-state index contributed by atoms with van der Waals surface area (Å²) in [5.41, 5.74) is 10.9. The van der Waals surface area contributed by atoms with Crippen LogP contribution >= 0.6 is 0 Å². The molecule has 0 unspecified atom stereocenters. The highest BCUT2D eigenvalue weighted by molar-refractivity contribution is 5.39. The summed E-state index contributed by atoms with van der Waals surface area (Å²) in [6.45, 7) is 3.67. The average Bonchev–Trinajstić information content (AvgIpc) is 3.15. The van der Waals surface area contributed by atoms with E-state index in [4.69, 9.17) is 5.26 Å². The van der Waals surface area contributed by atoms with Gasteiger partial charge < -0.3 is 4.90 Å². The lowest BCUT2D eigenvalue weighted by Crippen LogP contribution is -2.44. The maximum Gasteiger partial charge on any atom is 0.132 e. The predicted molar refractivity (Wildman–Crippen MR) is 88.1 cm³/mol. The van der Waals surface area contributed by atoms with Crippen molar-refractivity contribution in [3.05, 3.63) is 65.1 Å². The summed E-state index contributed by atoms with van der Waals surface area (Å²) in [5.74, 6) is 1.00. The topological polar surface area (TPSA) is 81.8 Å². The molecule has 24 heavy (non-hydrogen) atoms. The van der Waals surface area contributed by atoms with Gasteiger partial charge >= 0.3 is 0 Å².